The Morgan fingerprint density at radius 1 is 0.346 bits per heavy atom. The Morgan fingerprint density at radius 2 is 0.642 bits per heavy atom. The van der Waals surface area contributed by atoms with E-state index in [0.717, 1.165) is 57.8 Å². The summed E-state index contributed by atoms with van der Waals surface area (Å²) < 4.78 is 5.47. The number of aliphatic hydroxyl groups excluding tert-OH is 2. The molecule has 0 bridgehead atoms. The van der Waals surface area contributed by atoms with Crippen molar-refractivity contribution in [1.82, 2.24) is 5.32 Å². The van der Waals surface area contributed by atoms with E-state index < -0.39 is 12.1 Å². The van der Waals surface area contributed by atoms with Crippen molar-refractivity contribution in [1.29, 1.82) is 0 Å². The fourth-order valence-corrected chi connectivity index (χ4v) is 11.3. The van der Waals surface area contributed by atoms with Gasteiger partial charge in [0.05, 0.1) is 25.4 Å². The number of carbonyl (C=O) groups is 2. The molecule has 0 saturated heterocycles. The van der Waals surface area contributed by atoms with Crippen LogP contribution < -0.4 is 5.32 Å². The standard InChI is InChI=1S/C75H141NO5/c1-3-5-7-9-11-13-15-17-18-19-37-40-44-47-51-55-59-63-67-73(78)72(71-77)76-74(79)68-64-60-56-52-48-45-41-38-35-33-31-29-27-25-23-21-20-22-24-26-28-30-32-34-36-39-42-46-50-54-58-62-66-70-81-75(80)69-65-61-57-53-49-43-16-14-12-10-8-6-4-2/h8,10,14,16,24,26,30,32,72-73,77-78H,3-7,9,11-13,15,17-23,25,27-29,31,33-71H2,1-2H3,(H,76,79)/b10-8-,16-14-,26-24-,32-30-. The summed E-state index contributed by atoms with van der Waals surface area (Å²) in [7, 11) is 0. The molecule has 0 saturated carbocycles. The molecule has 0 aliphatic carbocycles. The van der Waals surface area contributed by atoms with Gasteiger partial charge in [-0.15, -0.1) is 0 Å². The maximum atomic E-state index is 12.5. The molecule has 0 heterocycles. The van der Waals surface area contributed by atoms with Crippen LogP contribution in [0.3, 0.4) is 0 Å². The Bertz CT molecular complexity index is 1360. The van der Waals surface area contributed by atoms with Gasteiger partial charge >= 0.3 is 5.97 Å². The molecule has 0 aromatic heterocycles. The SMILES string of the molecule is CCC/C=C\C/C=C\CCCCCCCC(=O)OCCCCCCCCCCC/C=C\C/C=C\CCCCCCCCCCCCCCCCCCCC(=O)NC(CO)C(O)CCCCCCCCCCCCCCCCCCCC. The van der Waals surface area contributed by atoms with Crippen molar-refractivity contribution in [3.8, 4) is 0 Å². The molecule has 0 aromatic rings. The van der Waals surface area contributed by atoms with Crippen LogP contribution in [0.5, 0.6) is 0 Å². The van der Waals surface area contributed by atoms with E-state index >= 15 is 0 Å². The minimum Gasteiger partial charge on any atom is -0.466 e. The number of hydrogen-bond donors (Lipinski definition) is 3. The van der Waals surface area contributed by atoms with Crippen LogP contribution in [0.15, 0.2) is 48.6 Å². The number of nitrogens with one attached hydrogen (secondary N) is 1. The summed E-state index contributed by atoms with van der Waals surface area (Å²) in [6.45, 7) is 4.91. The minimum absolute atomic E-state index is 0.00112. The van der Waals surface area contributed by atoms with Crippen LogP contribution in [0, 0.1) is 0 Å². The molecule has 2 atom stereocenters. The molecule has 0 aliphatic heterocycles. The van der Waals surface area contributed by atoms with Crippen molar-refractivity contribution in [2.75, 3.05) is 13.2 Å². The lowest BCUT2D eigenvalue weighted by atomic mass is 10.0. The van der Waals surface area contributed by atoms with Crippen LogP contribution >= 0.6 is 0 Å². The van der Waals surface area contributed by atoms with Gasteiger partial charge in [-0.05, 0) is 83.5 Å². The average molecular weight is 1140 g/mol. The van der Waals surface area contributed by atoms with Gasteiger partial charge in [0.2, 0.25) is 5.91 Å². The Balaban J connectivity index is 3.39. The van der Waals surface area contributed by atoms with Crippen molar-refractivity contribution >= 4 is 11.9 Å². The number of esters is 1. The molecule has 0 aromatic carbocycles. The van der Waals surface area contributed by atoms with Gasteiger partial charge in [0.25, 0.3) is 0 Å². The van der Waals surface area contributed by atoms with Crippen molar-refractivity contribution in [2.45, 2.75) is 405 Å². The van der Waals surface area contributed by atoms with E-state index in [-0.39, 0.29) is 18.5 Å². The van der Waals surface area contributed by atoms with Crippen molar-refractivity contribution < 1.29 is 24.5 Å². The zero-order valence-electron chi connectivity index (χ0n) is 54.5. The van der Waals surface area contributed by atoms with Crippen LogP contribution in [0.25, 0.3) is 0 Å². The highest BCUT2D eigenvalue weighted by Crippen LogP contribution is 2.19. The molecule has 2 unspecified atom stereocenters. The molecule has 0 rings (SSSR count). The summed E-state index contributed by atoms with van der Waals surface area (Å²) in [6, 6.07) is -0.541. The van der Waals surface area contributed by atoms with Crippen LogP contribution in [0.2, 0.25) is 0 Å². The first-order chi connectivity index (χ1) is 40.0. The normalized spacial score (nSPS) is 12.8. The highest BCUT2D eigenvalue weighted by Gasteiger charge is 2.20. The van der Waals surface area contributed by atoms with Crippen LogP contribution in [-0.4, -0.2) is 47.4 Å². The van der Waals surface area contributed by atoms with Crippen molar-refractivity contribution in [2.24, 2.45) is 0 Å². The van der Waals surface area contributed by atoms with E-state index in [4.69, 9.17) is 4.74 Å². The lowest BCUT2D eigenvalue weighted by Crippen LogP contribution is -2.45. The number of ether oxygens (including phenoxy) is 1. The summed E-state index contributed by atoms with van der Waals surface area (Å²) in [4.78, 5) is 24.6. The molecule has 0 radical (unpaired) electrons. The topological polar surface area (TPSA) is 95.9 Å². The largest absolute Gasteiger partial charge is 0.466 e. The molecule has 0 fully saturated rings. The smallest absolute Gasteiger partial charge is 0.305 e. The van der Waals surface area contributed by atoms with Gasteiger partial charge in [0, 0.05) is 12.8 Å². The molecule has 0 spiro atoms. The number of aliphatic hydroxyl groups is 2. The first-order valence-electron chi connectivity index (χ1n) is 36.4. The second-order valence-electron chi connectivity index (χ2n) is 24.9. The van der Waals surface area contributed by atoms with Gasteiger partial charge in [-0.1, -0.05) is 345 Å². The number of allylic oxidation sites excluding steroid dienone is 8. The number of unbranched alkanes of at least 4 members (excludes halogenated alkanes) is 49. The first kappa shape index (κ1) is 78.8. The third-order valence-corrected chi connectivity index (χ3v) is 16.8. The number of amides is 1. The van der Waals surface area contributed by atoms with E-state index in [2.05, 4.69) is 67.8 Å². The summed E-state index contributed by atoms with van der Waals surface area (Å²) in [6.07, 6.45) is 91.7. The quantitative estimate of drug-likeness (QED) is 0.0320. The zero-order valence-corrected chi connectivity index (χ0v) is 54.5. The summed E-state index contributed by atoms with van der Waals surface area (Å²) >= 11 is 0. The zero-order chi connectivity index (χ0) is 58.5. The number of hydrogen-bond acceptors (Lipinski definition) is 5. The molecular weight excluding hydrogens is 995 g/mol. The monoisotopic (exact) mass is 1140 g/mol. The maximum absolute atomic E-state index is 12.5. The third-order valence-electron chi connectivity index (χ3n) is 16.8. The maximum Gasteiger partial charge on any atom is 0.305 e. The second kappa shape index (κ2) is 70.3. The highest BCUT2D eigenvalue weighted by atomic mass is 16.5. The van der Waals surface area contributed by atoms with Gasteiger partial charge in [-0.3, -0.25) is 9.59 Å². The first-order valence-corrected chi connectivity index (χ1v) is 36.4. The highest BCUT2D eigenvalue weighted by molar-refractivity contribution is 5.76. The number of rotatable bonds is 68. The predicted molar refractivity (Wildman–Crippen MR) is 356 cm³/mol. The third kappa shape index (κ3) is 66.8. The van der Waals surface area contributed by atoms with Crippen molar-refractivity contribution in [3.63, 3.8) is 0 Å². The summed E-state index contributed by atoms with van der Waals surface area (Å²) in [5.74, 6) is -0.0309. The van der Waals surface area contributed by atoms with E-state index in [0.29, 0.717) is 25.9 Å². The minimum atomic E-state index is -0.664. The Morgan fingerprint density at radius 3 is 0.988 bits per heavy atom. The molecule has 3 N–H and O–H groups in total. The van der Waals surface area contributed by atoms with E-state index in [9.17, 15) is 19.8 Å². The predicted octanol–water partition coefficient (Wildman–Crippen LogP) is 23.6. The van der Waals surface area contributed by atoms with Gasteiger partial charge in [-0.25, -0.2) is 0 Å². The van der Waals surface area contributed by atoms with E-state index in [1.807, 2.05) is 0 Å². The molecular formula is C75H141NO5. The second-order valence-corrected chi connectivity index (χ2v) is 24.9. The van der Waals surface area contributed by atoms with Crippen LogP contribution in [-0.2, 0) is 14.3 Å². The lowest BCUT2D eigenvalue weighted by Gasteiger charge is -2.22. The Labute approximate surface area is 506 Å². The fourth-order valence-electron chi connectivity index (χ4n) is 11.3. The molecule has 81 heavy (non-hydrogen) atoms. The van der Waals surface area contributed by atoms with E-state index in [1.165, 1.54) is 302 Å². The van der Waals surface area contributed by atoms with Gasteiger partial charge < -0.3 is 20.3 Å². The fraction of sp³-hybridized carbons (Fsp3) is 0.867. The Kier molecular flexibility index (Phi) is 68.4. The van der Waals surface area contributed by atoms with Crippen LogP contribution in [0.4, 0.5) is 0 Å². The molecule has 6 nitrogen and oxygen atoms in total. The van der Waals surface area contributed by atoms with Gasteiger partial charge in [-0.2, -0.15) is 0 Å². The Hall–Kier alpha value is -2.18. The summed E-state index contributed by atoms with van der Waals surface area (Å²) in [5, 5.41) is 23.4. The lowest BCUT2D eigenvalue weighted by molar-refractivity contribution is -0.143. The molecule has 6 heteroatoms. The van der Waals surface area contributed by atoms with Gasteiger partial charge in [0.15, 0.2) is 0 Å². The molecule has 476 valence electrons. The number of carbonyl (C=O) groups excluding carboxylic acids is 2. The summed E-state index contributed by atoms with van der Waals surface area (Å²) in [5.41, 5.74) is 0. The molecule has 1 amide bonds. The van der Waals surface area contributed by atoms with Gasteiger partial charge in [0.1, 0.15) is 0 Å². The van der Waals surface area contributed by atoms with E-state index in [1.54, 1.807) is 0 Å². The average Bonchev–Trinajstić information content (AvgIpc) is 3.47. The molecule has 0 aliphatic rings. The van der Waals surface area contributed by atoms with Crippen molar-refractivity contribution in [3.05, 3.63) is 48.6 Å². The van der Waals surface area contributed by atoms with Crippen LogP contribution in [0.1, 0.15) is 393 Å².